The molecule has 2 aromatic rings. The van der Waals surface area contributed by atoms with Gasteiger partial charge in [-0.3, -0.25) is 9.59 Å². The van der Waals surface area contributed by atoms with Crippen LogP contribution in [0, 0.1) is 17.2 Å². The molecule has 1 saturated carbocycles. The van der Waals surface area contributed by atoms with Crippen molar-refractivity contribution < 1.29 is 19.1 Å². The number of methoxy groups -OCH3 is 1. The summed E-state index contributed by atoms with van der Waals surface area (Å²) in [4.78, 5) is 24.1. The van der Waals surface area contributed by atoms with E-state index in [0.29, 0.717) is 18.8 Å². The minimum atomic E-state index is -0.904. The van der Waals surface area contributed by atoms with E-state index in [1.807, 2.05) is 54.6 Å². The number of esters is 1. The number of hydrogen-bond acceptors (Lipinski definition) is 5. The maximum Gasteiger partial charge on any atom is 0.316 e. The van der Waals surface area contributed by atoms with Gasteiger partial charge in [0, 0.05) is 6.42 Å². The highest BCUT2D eigenvalue weighted by Gasteiger charge is 2.45. The molecule has 2 unspecified atom stereocenters. The number of ketones is 1. The molecule has 0 spiro atoms. The molecule has 0 N–H and O–H groups in total. The molecule has 0 aromatic heterocycles. The van der Waals surface area contributed by atoms with Gasteiger partial charge in [-0.1, -0.05) is 42.5 Å². The molecular weight excluding hydrogens is 342 g/mol. The molecule has 0 saturated heterocycles. The highest BCUT2D eigenvalue weighted by atomic mass is 16.5. The van der Waals surface area contributed by atoms with Gasteiger partial charge in [-0.25, -0.2) is 0 Å². The zero-order chi connectivity index (χ0) is 19.3. The van der Waals surface area contributed by atoms with Gasteiger partial charge in [0.1, 0.15) is 24.1 Å². The molecule has 1 aliphatic rings. The Morgan fingerprint density at radius 2 is 2.00 bits per heavy atom. The number of carbonyl (C=O) groups is 2. The van der Waals surface area contributed by atoms with E-state index in [0.717, 1.165) is 11.1 Å². The van der Waals surface area contributed by atoms with Crippen LogP contribution >= 0.6 is 0 Å². The van der Waals surface area contributed by atoms with E-state index < -0.39 is 17.3 Å². The summed E-state index contributed by atoms with van der Waals surface area (Å²) in [6.07, 6.45) is 0.706. The number of benzene rings is 2. The second-order valence-corrected chi connectivity index (χ2v) is 6.74. The molecule has 0 bridgehead atoms. The fourth-order valence-electron chi connectivity index (χ4n) is 3.48. The molecule has 0 aliphatic heterocycles. The molecule has 2 aromatic carbocycles. The predicted octanol–water partition coefficient (Wildman–Crippen LogP) is 3.57. The van der Waals surface area contributed by atoms with E-state index in [1.54, 1.807) is 0 Å². The van der Waals surface area contributed by atoms with Crippen LogP contribution in [-0.4, -0.2) is 18.9 Å². The number of Topliss-reactive ketones (excluding diaryl/α,β-unsaturated/α-hetero) is 1. The first kappa shape index (κ1) is 18.7. The molecule has 0 heterocycles. The first-order valence-electron chi connectivity index (χ1n) is 8.87. The van der Waals surface area contributed by atoms with Gasteiger partial charge in [0.2, 0.25) is 0 Å². The van der Waals surface area contributed by atoms with Gasteiger partial charge in [-0.2, -0.15) is 5.26 Å². The van der Waals surface area contributed by atoms with E-state index in [4.69, 9.17) is 9.47 Å². The van der Waals surface area contributed by atoms with Crippen molar-refractivity contribution in [3.63, 3.8) is 0 Å². The summed E-state index contributed by atoms with van der Waals surface area (Å²) < 4.78 is 10.6. The van der Waals surface area contributed by atoms with E-state index in [2.05, 4.69) is 6.07 Å². The third-order valence-electron chi connectivity index (χ3n) is 5.07. The topological polar surface area (TPSA) is 76.4 Å². The van der Waals surface area contributed by atoms with Crippen molar-refractivity contribution in [2.24, 2.45) is 5.92 Å². The number of nitrogens with zero attached hydrogens (tertiary/aromatic N) is 1. The molecule has 1 fully saturated rings. The average Bonchev–Trinajstić information content (AvgIpc) is 2.73. The largest absolute Gasteiger partial charge is 0.489 e. The van der Waals surface area contributed by atoms with Crippen LogP contribution < -0.4 is 4.74 Å². The monoisotopic (exact) mass is 363 g/mol. The van der Waals surface area contributed by atoms with Crippen LogP contribution in [0.2, 0.25) is 0 Å². The van der Waals surface area contributed by atoms with Gasteiger partial charge < -0.3 is 9.47 Å². The van der Waals surface area contributed by atoms with Crippen LogP contribution in [0.4, 0.5) is 0 Å². The van der Waals surface area contributed by atoms with Crippen LogP contribution in [0.1, 0.15) is 30.4 Å². The number of rotatable bonds is 5. The highest BCUT2D eigenvalue weighted by Crippen LogP contribution is 2.41. The minimum absolute atomic E-state index is 0.136. The summed E-state index contributed by atoms with van der Waals surface area (Å²) >= 11 is 0. The minimum Gasteiger partial charge on any atom is -0.489 e. The summed E-state index contributed by atoms with van der Waals surface area (Å²) in [7, 11) is 1.26. The summed E-state index contributed by atoms with van der Waals surface area (Å²) in [5, 5.41) is 9.90. The maximum absolute atomic E-state index is 12.1. The highest BCUT2D eigenvalue weighted by molar-refractivity contribution is 6.00. The normalized spacial score (nSPS) is 21.9. The number of nitriles is 1. The molecule has 1 aliphatic carbocycles. The van der Waals surface area contributed by atoms with Crippen molar-refractivity contribution in [2.75, 3.05) is 7.11 Å². The lowest BCUT2D eigenvalue weighted by molar-refractivity contribution is -0.151. The van der Waals surface area contributed by atoms with Gasteiger partial charge in [0.25, 0.3) is 0 Å². The Kier molecular flexibility index (Phi) is 5.56. The molecule has 0 amide bonds. The molecule has 2 atom stereocenters. The second-order valence-electron chi connectivity index (χ2n) is 6.74. The molecule has 3 rings (SSSR count). The average molecular weight is 363 g/mol. The number of carbonyl (C=O) groups excluding carboxylic acids is 2. The van der Waals surface area contributed by atoms with Crippen LogP contribution in [-0.2, 0) is 26.3 Å². The first-order chi connectivity index (χ1) is 13.1. The molecule has 5 heteroatoms. The Balaban J connectivity index is 1.82. The quantitative estimate of drug-likeness (QED) is 0.599. The lowest BCUT2D eigenvalue weighted by Crippen LogP contribution is -2.40. The molecule has 0 radical (unpaired) electrons. The zero-order valence-corrected chi connectivity index (χ0v) is 15.2. The third kappa shape index (κ3) is 4.01. The maximum atomic E-state index is 12.1. The Morgan fingerprint density at radius 3 is 2.70 bits per heavy atom. The van der Waals surface area contributed by atoms with Gasteiger partial charge in [-0.15, -0.1) is 0 Å². The van der Waals surface area contributed by atoms with Crippen molar-refractivity contribution in [1.29, 1.82) is 5.26 Å². The van der Waals surface area contributed by atoms with E-state index in [9.17, 15) is 14.9 Å². The number of hydrogen-bond donors (Lipinski definition) is 0. The Bertz CT molecular complexity index is 863. The molecule has 5 nitrogen and oxygen atoms in total. The lowest BCUT2D eigenvalue weighted by atomic mass is 9.66. The van der Waals surface area contributed by atoms with Crippen LogP contribution in [0.25, 0.3) is 0 Å². The Hall–Kier alpha value is -3.13. The summed E-state index contributed by atoms with van der Waals surface area (Å²) in [5.74, 6) is -0.977. The van der Waals surface area contributed by atoms with Crippen molar-refractivity contribution >= 4 is 11.8 Å². The Labute approximate surface area is 158 Å². The van der Waals surface area contributed by atoms with Crippen LogP contribution in [0.5, 0.6) is 5.75 Å². The summed E-state index contributed by atoms with van der Waals surface area (Å²) in [6, 6.07) is 19.5. The standard InChI is InChI=1S/C22H21NO4/c1-26-21(25)19-13-22(15-23,11-10-20(19)24)17-8-5-9-18(12-17)27-14-16-6-3-2-4-7-16/h2-9,12,19H,10-11,13-14H2,1H3. The fourth-order valence-corrected chi connectivity index (χ4v) is 3.48. The van der Waals surface area contributed by atoms with Crippen molar-refractivity contribution in [3.8, 4) is 11.8 Å². The zero-order valence-electron chi connectivity index (χ0n) is 15.2. The predicted molar refractivity (Wildman–Crippen MR) is 98.9 cm³/mol. The van der Waals surface area contributed by atoms with Crippen LogP contribution in [0.3, 0.4) is 0 Å². The molecular formula is C22H21NO4. The number of ether oxygens (including phenoxy) is 2. The van der Waals surface area contributed by atoms with Gasteiger partial charge in [-0.05, 0) is 36.1 Å². The van der Waals surface area contributed by atoms with Crippen molar-refractivity contribution in [3.05, 3.63) is 65.7 Å². The summed E-state index contributed by atoms with van der Waals surface area (Å²) in [6.45, 7) is 0.424. The second kappa shape index (κ2) is 8.05. The summed E-state index contributed by atoms with van der Waals surface area (Å²) in [5.41, 5.74) is 0.905. The molecule has 27 heavy (non-hydrogen) atoms. The van der Waals surface area contributed by atoms with Gasteiger partial charge >= 0.3 is 5.97 Å². The van der Waals surface area contributed by atoms with Gasteiger partial charge in [0.15, 0.2) is 0 Å². The third-order valence-corrected chi connectivity index (χ3v) is 5.07. The SMILES string of the molecule is COC(=O)C1CC(C#N)(c2cccc(OCc3ccccc3)c2)CCC1=O. The van der Waals surface area contributed by atoms with E-state index >= 15 is 0 Å². The van der Waals surface area contributed by atoms with E-state index in [1.165, 1.54) is 7.11 Å². The first-order valence-corrected chi connectivity index (χ1v) is 8.87. The van der Waals surface area contributed by atoms with Crippen molar-refractivity contribution in [1.82, 2.24) is 0 Å². The lowest BCUT2D eigenvalue weighted by Gasteiger charge is -2.34. The Morgan fingerprint density at radius 1 is 1.22 bits per heavy atom. The smallest absolute Gasteiger partial charge is 0.316 e. The van der Waals surface area contributed by atoms with Gasteiger partial charge in [0.05, 0.1) is 18.6 Å². The van der Waals surface area contributed by atoms with E-state index in [-0.39, 0.29) is 18.6 Å². The van der Waals surface area contributed by atoms with Crippen molar-refractivity contribution in [2.45, 2.75) is 31.3 Å². The molecule has 138 valence electrons. The van der Waals surface area contributed by atoms with Crippen LogP contribution in [0.15, 0.2) is 54.6 Å². The fraction of sp³-hybridized carbons (Fsp3) is 0.318.